The van der Waals surface area contributed by atoms with E-state index in [1.807, 2.05) is 0 Å². The number of nitrogens with zero attached hydrogens (tertiary/aromatic N) is 2. The molecule has 1 aliphatic carbocycles. The largest absolute Gasteiger partial charge is 0.350 e. The topological polar surface area (TPSA) is 64.9 Å². The molecule has 0 radical (unpaired) electrons. The van der Waals surface area contributed by atoms with Crippen LogP contribution in [0.3, 0.4) is 0 Å². The average molecular weight is 320 g/mol. The van der Waals surface area contributed by atoms with E-state index in [9.17, 15) is 13.2 Å². The SMILES string of the molecule is Cl.NC1(c2noc(C(F)(F)c3ccc(F)cc3)n2)CCC1. The fraction of sp³-hybridized carbons (Fsp3) is 0.385. The first-order valence-corrected chi connectivity index (χ1v) is 6.19. The van der Waals surface area contributed by atoms with Crippen molar-refractivity contribution in [3.63, 3.8) is 0 Å². The molecular formula is C13H13ClF3N3O. The van der Waals surface area contributed by atoms with Crippen molar-refractivity contribution in [2.24, 2.45) is 5.73 Å². The summed E-state index contributed by atoms with van der Waals surface area (Å²) in [4.78, 5) is 3.73. The van der Waals surface area contributed by atoms with Crippen LogP contribution in [0.5, 0.6) is 0 Å². The van der Waals surface area contributed by atoms with E-state index < -0.39 is 28.7 Å². The van der Waals surface area contributed by atoms with Gasteiger partial charge in [0.2, 0.25) is 0 Å². The molecule has 4 nitrogen and oxygen atoms in total. The normalized spacial score (nSPS) is 17.0. The van der Waals surface area contributed by atoms with Gasteiger partial charge in [-0.3, -0.25) is 0 Å². The molecule has 3 rings (SSSR count). The van der Waals surface area contributed by atoms with Crippen LogP contribution in [0.25, 0.3) is 0 Å². The van der Waals surface area contributed by atoms with Crippen molar-refractivity contribution in [1.29, 1.82) is 0 Å². The Labute approximate surface area is 124 Å². The van der Waals surface area contributed by atoms with E-state index >= 15 is 0 Å². The van der Waals surface area contributed by atoms with Crippen LogP contribution < -0.4 is 5.73 Å². The Hall–Kier alpha value is -1.60. The van der Waals surface area contributed by atoms with Crippen LogP contribution in [0.4, 0.5) is 13.2 Å². The van der Waals surface area contributed by atoms with E-state index in [0.717, 1.165) is 30.7 Å². The molecule has 0 unspecified atom stereocenters. The predicted molar refractivity (Wildman–Crippen MR) is 70.7 cm³/mol. The number of rotatable bonds is 3. The van der Waals surface area contributed by atoms with Crippen LogP contribution in [0.1, 0.15) is 36.5 Å². The molecule has 0 saturated heterocycles. The van der Waals surface area contributed by atoms with Crippen molar-refractivity contribution in [1.82, 2.24) is 10.1 Å². The predicted octanol–water partition coefficient (Wildman–Crippen LogP) is 3.11. The van der Waals surface area contributed by atoms with Gasteiger partial charge in [0, 0.05) is 5.56 Å². The molecule has 2 aromatic rings. The second kappa shape index (κ2) is 5.31. The molecule has 0 atom stereocenters. The van der Waals surface area contributed by atoms with E-state index in [2.05, 4.69) is 14.7 Å². The first kappa shape index (κ1) is 15.8. The van der Waals surface area contributed by atoms with E-state index in [4.69, 9.17) is 5.73 Å². The van der Waals surface area contributed by atoms with Gasteiger partial charge in [-0.1, -0.05) is 5.16 Å². The maximum atomic E-state index is 14.2. The summed E-state index contributed by atoms with van der Waals surface area (Å²) in [6.45, 7) is 0. The molecule has 0 bridgehead atoms. The highest BCUT2D eigenvalue weighted by atomic mass is 35.5. The maximum absolute atomic E-state index is 14.2. The maximum Gasteiger partial charge on any atom is 0.350 e. The lowest BCUT2D eigenvalue weighted by Crippen LogP contribution is -2.44. The third kappa shape index (κ3) is 2.63. The van der Waals surface area contributed by atoms with Crippen LogP contribution in [-0.4, -0.2) is 10.1 Å². The van der Waals surface area contributed by atoms with Crippen LogP contribution in [0.15, 0.2) is 28.8 Å². The van der Waals surface area contributed by atoms with Gasteiger partial charge in [0.1, 0.15) is 5.82 Å². The number of hydrogen-bond acceptors (Lipinski definition) is 4. The van der Waals surface area contributed by atoms with Gasteiger partial charge in [-0.05, 0) is 43.5 Å². The summed E-state index contributed by atoms with van der Waals surface area (Å²) >= 11 is 0. The van der Waals surface area contributed by atoms with Crippen LogP contribution in [0, 0.1) is 5.82 Å². The summed E-state index contributed by atoms with van der Waals surface area (Å²) in [5.41, 5.74) is 4.79. The molecule has 0 amide bonds. The molecule has 2 N–H and O–H groups in total. The van der Waals surface area contributed by atoms with Crippen molar-refractivity contribution in [2.75, 3.05) is 0 Å². The molecule has 1 aromatic carbocycles. The fourth-order valence-electron chi connectivity index (χ4n) is 2.12. The lowest BCUT2D eigenvalue weighted by molar-refractivity contribution is 0.00755. The van der Waals surface area contributed by atoms with Gasteiger partial charge in [-0.25, -0.2) is 4.39 Å². The summed E-state index contributed by atoms with van der Waals surface area (Å²) in [6.07, 6.45) is 2.21. The van der Waals surface area contributed by atoms with E-state index in [0.29, 0.717) is 12.8 Å². The number of nitrogens with two attached hydrogens (primary N) is 1. The summed E-state index contributed by atoms with van der Waals surface area (Å²) in [5.74, 6) is -4.79. The second-order valence-electron chi connectivity index (χ2n) is 5.01. The van der Waals surface area contributed by atoms with Gasteiger partial charge in [-0.15, -0.1) is 12.4 Å². The molecule has 1 aliphatic rings. The Kier molecular flexibility index (Phi) is 3.99. The molecule has 1 heterocycles. The minimum absolute atomic E-state index is 0. The molecule has 1 fully saturated rings. The minimum atomic E-state index is -3.47. The lowest BCUT2D eigenvalue weighted by atomic mass is 9.77. The Balaban J connectivity index is 0.00000161. The van der Waals surface area contributed by atoms with Gasteiger partial charge in [0.25, 0.3) is 0 Å². The van der Waals surface area contributed by atoms with Crippen molar-refractivity contribution in [2.45, 2.75) is 30.7 Å². The Morgan fingerprint density at radius 3 is 2.33 bits per heavy atom. The van der Waals surface area contributed by atoms with Crippen molar-refractivity contribution in [3.05, 3.63) is 47.4 Å². The van der Waals surface area contributed by atoms with Gasteiger partial charge < -0.3 is 10.3 Å². The molecule has 0 aliphatic heterocycles. The second-order valence-corrected chi connectivity index (χ2v) is 5.01. The van der Waals surface area contributed by atoms with Crippen molar-refractivity contribution < 1.29 is 17.7 Å². The summed E-state index contributed by atoms with van der Waals surface area (Å²) in [5, 5.41) is 3.55. The van der Waals surface area contributed by atoms with E-state index in [1.165, 1.54) is 0 Å². The zero-order chi connectivity index (χ0) is 14.4. The Bertz CT molecular complexity index is 626. The molecule has 114 valence electrons. The lowest BCUT2D eigenvalue weighted by Gasteiger charge is -2.34. The van der Waals surface area contributed by atoms with E-state index in [1.54, 1.807) is 0 Å². The Morgan fingerprint density at radius 1 is 1.19 bits per heavy atom. The minimum Gasteiger partial charge on any atom is -0.332 e. The number of alkyl halides is 2. The summed E-state index contributed by atoms with van der Waals surface area (Å²) in [7, 11) is 0. The quantitative estimate of drug-likeness (QED) is 0.944. The van der Waals surface area contributed by atoms with Gasteiger partial charge >= 0.3 is 11.8 Å². The van der Waals surface area contributed by atoms with Gasteiger partial charge in [0.05, 0.1) is 5.54 Å². The first-order valence-electron chi connectivity index (χ1n) is 6.19. The number of halogens is 4. The average Bonchev–Trinajstić information content (AvgIpc) is 2.87. The van der Waals surface area contributed by atoms with Gasteiger partial charge in [-0.2, -0.15) is 13.8 Å². The van der Waals surface area contributed by atoms with Crippen molar-refractivity contribution >= 4 is 12.4 Å². The number of aromatic nitrogens is 2. The number of hydrogen-bond donors (Lipinski definition) is 1. The highest BCUT2D eigenvalue weighted by Crippen LogP contribution is 2.39. The monoisotopic (exact) mass is 319 g/mol. The molecule has 8 heteroatoms. The standard InChI is InChI=1S/C13H12F3N3O.ClH/c14-9-4-2-8(3-5-9)13(15,16)11-18-10(19-20-11)12(17)6-1-7-12;/h2-5H,1,6-7,17H2;1H. The fourth-order valence-corrected chi connectivity index (χ4v) is 2.12. The van der Waals surface area contributed by atoms with Gasteiger partial charge in [0.15, 0.2) is 5.82 Å². The van der Waals surface area contributed by atoms with Crippen LogP contribution in [0.2, 0.25) is 0 Å². The smallest absolute Gasteiger partial charge is 0.332 e. The molecule has 0 spiro atoms. The third-order valence-corrected chi connectivity index (χ3v) is 3.59. The van der Waals surface area contributed by atoms with Crippen LogP contribution in [-0.2, 0) is 11.5 Å². The molecule has 1 aromatic heterocycles. The van der Waals surface area contributed by atoms with E-state index in [-0.39, 0.29) is 18.2 Å². The Morgan fingerprint density at radius 2 is 1.81 bits per heavy atom. The zero-order valence-electron chi connectivity index (χ0n) is 10.9. The summed E-state index contributed by atoms with van der Waals surface area (Å²) < 4.78 is 45.8. The van der Waals surface area contributed by atoms with Crippen molar-refractivity contribution in [3.8, 4) is 0 Å². The molecule has 21 heavy (non-hydrogen) atoms. The number of benzene rings is 1. The zero-order valence-corrected chi connectivity index (χ0v) is 11.7. The highest BCUT2D eigenvalue weighted by molar-refractivity contribution is 5.85. The third-order valence-electron chi connectivity index (χ3n) is 3.59. The van der Waals surface area contributed by atoms with Crippen LogP contribution >= 0.6 is 12.4 Å². The molecular weight excluding hydrogens is 307 g/mol. The first-order chi connectivity index (χ1) is 9.42. The highest BCUT2D eigenvalue weighted by Gasteiger charge is 2.44. The molecule has 1 saturated carbocycles. The summed E-state index contributed by atoms with van der Waals surface area (Å²) in [6, 6.07) is 3.88.